The summed E-state index contributed by atoms with van der Waals surface area (Å²) in [5, 5.41) is 2.73. The van der Waals surface area contributed by atoms with Crippen molar-refractivity contribution in [3.8, 4) is 0 Å². The van der Waals surface area contributed by atoms with E-state index in [4.69, 9.17) is 4.74 Å². The third kappa shape index (κ3) is 3.03. The first-order valence-corrected chi connectivity index (χ1v) is 6.13. The maximum Gasteiger partial charge on any atom is 0.246 e. The lowest BCUT2D eigenvalue weighted by Crippen LogP contribution is -2.34. The summed E-state index contributed by atoms with van der Waals surface area (Å²) >= 11 is 0. The Balaban J connectivity index is 2.37. The Labute approximate surface area is 116 Å². The average molecular weight is 277 g/mol. The molecule has 0 saturated heterocycles. The van der Waals surface area contributed by atoms with E-state index in [1.165, 1.54) is 13.2 Å². The number of aryl methyl sites for hydroxylation is 1. The molecule has 0 aliphatic rings. The molecule has 6 heteroatoms. The third-order valence-corrected chi connectivity index (χ3v) is 2.91. The molecule has 1 unspecified atom stereocenters. The molecule has 1 heterocycles. The van der Waals surface area contributed by atoms with E-state index in [2.05, 4.69) is 10.3 Å². The second-order valence-corrected chi connectivity index (χ2v) is 4.35. The number of hydrogen-bond donors (Lipinski definition) is 1. The number of methoxy groups -OCH3 is 1. The lowest BCUT2D eigenvalue weighted by atomic mass is 10.1. The molecule has 0 fully saturated rings. The number of nitrogens with zero attached hydrogens (tertiary/aromatic N) is 2. The summed E-state index contributed by atoms with van der Waals surface area (Å²) in [6, 6.07) is 5.65. The number of nitrogens with one attached hydrogen (secondary N) is 1. The van der Waals surface area contributed by atoms with Crippen LogP contribution >= 0.6 is 0 Å². The normalized spacial score (nSPS) is 12.2. The Hall–Kier alpha value is -2.21. The van der Waals surface area contributed by atoms with Crippen LogP contribution in [0.2, 0.25) is 0 Å². The summed E-state index contributed by atoms with van der Waals surface area (Å²) in [5.74, 6) is -0.165. The van der Waals surface area contributed by atoms with Crippen molar-refractivity contribution in [2.24, 2.45) is 7.05 Å². The number of carbonyl (C=O) groups excluding carboxylic acids is 1. The molecule has 0 aliphatic heterocycles. The van der Waals surface area contributed by atoms with E-state index in [9.17, 15) is 9.18 Å². The number of amides is 1. The van der Waals surface area contributed by atoms with Gasteiger partial charge in [0.1, 0.15) is 24.3 Å². The van der Waals surface area contributed by atoms with Gasteiger partial charge in [0.15, 0.2) is 0 Å². The van der Waals surface area contributed by atoms with Gasteiger partial charge in [0, 0.05) is 32.1 Å². The first-order chi connectivity index (χ1) is 9.63. The molecule has 1 N–H and O–H groups in total. The maximum atomic E-state index is 14.0. The molecule has 20 heavy (non-hydrogen) atoms. The van der Waals surface area contributed by atoms with Gasteiger partial charge in [-0.3, -0.25) is 4.79 Å². The topological polar surface area (TPSA) is 56.1 Å². The lowest BCUT2D eigenvalue weighted by molar-refractivity contribution is -0.125. The van der Waals surface area contributed by atoms with Crippen molar-refractivity contribution < 1.29 is 13.9 Å². The zero-order valence-electron chi connectivity index (χ0n) is 11.3. The van der Waals surface area contributed by atoms with Gasteiger partial charge in [0.2, 0.25) is 5.91 Å². The van der Waals surface area contributed by atoms with Crippen LogP contribution in [-0.2, 0) is 16.6 Å². The van der Waals surface area contributed by atoms with Gasteiger partial charge in [0.25, 0.3) is 0 Å². The van der Waals surface area contributed by atoms with Crippen molar-refractivity contribution in [3.63, 3.8) is 0 Å². The Morgan fingerprint density at radius 3 is 2.85 bits per heavy atom. The van der Waals surface area contributed by atoms with Crippen LogP contribution in [0.1, 0.15) is 17.4 Å². The van der Waals surface area contributed by atoms with Crippen LogP contribution < -0.4 is 5.32 Å². The van der Waals surface area contributed by atoms with Crippen molar-refractivity contribution in [3.05, 3.63) is 53.9 Å². The van der Waals surface area contributed by atoms with E-state index < -0.39 is 11.9 Å². The summed E-state index contributed by atoms with van der Waals surface area (Å²) in [6.07, 6.45) is 3.34. The summed E-state index contributed by atoms with van der Waals surface area (Å²) in [5.41, 5.74) is 0.367. The molecule has 1 amide bonds. The van der Waals surface area contributed by atoms with Gasteiger partial charge in [-0.2, -0.15) is 0 Å². The lowest BCUT2D eigenvalue weighted by Gasteiger charge is -2.19. The second-order valence-electron chi connectivity index (χ2n) is 4.35. The molecule has 0 bridgehead atoms. The van der Waals surface area contributed by atoms with Crippen molar-refractivity contribution in [2.75, 3.05) is 13.7 Å². The summed E-state index contributed by atoms with van der Waals surface area (Å²) in [7, 11) is 3.22. The van der Waals surface area contributed by atoms with Crippen molar-refractivity contribution in [2.45, 2.75) is 6.04 Å². The maximum absolute atomic E-state index is 14.0. The second kappa shape index (κ2) is 6.29. The largest absolute Gasteiger partial charge is 0.375 e. The molecule has 0 radical (unpaired) electrons. The Bertz CT molecular complexity index is 598. The van der Waals surface area contributed by atoms with Crippen LogP contribution in [0, 0.1) is 5.82 Å². The highest BCUT2D eigenvalue weighted by Gasteiger charge is 2.23. The van der Waals surface area contributed by atoms with E-state index in [0.29, 0.717) is 11.4 Å². The number of imidazole rings is 1. The van der Waals surface area contributed by atoms with Gasteiger partial charge < -0.3 is 14.6 Å². The molecule has 1 aromatic heterocycles. The number of halogens is 1. The minimum absolute atomic E-state index is 0.0879. The molecular formula is C14H16FN3O2. The van der Waals surface area contributed by atoms with Gasteiger partial charge in [-0.15, -0.1) is 0 Å². The van der Waals surface area contributed by atoms with E-state index in [1.54, 1.807) is 42.2 Å². The van der Waals surface area contributed by atoms with E-state index >= 15 is 0 Å². The molecule has 1 atom stereocenters. The molecule has 2 aromatic rings. The molecule has 2 rings (SSSR count). The summed E-state index contributed by atoms with van der Waals surface area (Å²) < 4.78 is 20.5. The quantitative estimate of drug-likeness (QED) is 0.899. The Morgan fingerprint density at radius 1 is 1.50 bits per heavy atom. The zero-order chi connectivity index (χ0) is 14.5. The molecular weight excluding hydrogens is 261 g/mol. The monoisotopic (exact) mass is 277 g/mol. The fourth-order valence-corrected chi connectivity index (χ4v) is 1.98. The van der Waals surface area contributed by atoms with Gasteiger partial charge in [-0.05, 0) is 6.07 Å². The smallest absolute Gasteiger partial charge is 0.246 e. The van der Waals surface area contributed by atoms with E-state index in [-0.39, 0.29) is 12.5 Å². The molecule has 106 valence electrons. The fraction of sp³-hybridized carbons (Fsp3) is 0.286. The van der Waals surface area contributed by atoms with Crippen LogP contribution in [0.5, 0.6) is 0 Å². The number of ether oxygens (including phenoxy) is 1. The Kier molecular flexibility index (Phi) is 4.47. The highest BCUT2D eigenvalue weighted by atomic mass is 19.1. The first kappa shape index (κ1) is 14.2. The van der Waals surface area contributed by atoms with Gasteiger partial charge in [-0.25, -0.2) is 9.37 Å². The standard InChI is InChI=1S/C14H16FN3O2/c1-18-8-7-16-14(18)13(17-12(19)9-20-2)10-5-3-4-6-11(10)15/h3-8,13H,9H2,1-2H3,(H,17,19). The third-order valence-electron chi connectivity index (χ3n) is 2.91. The first-order valence-electron chi connectivity index (χ1n) is 6.13. The summed E-state index contributed by atoms with van der Waals surface area (Å²) in [6.45, 7) is -0.0879. The number of aromatic nitrogens is 2. The number of benzene rings is 1. The predicted molar refractivity (Wildman–Crippen MR) is 71.5 cm³/mol. The van der Waals surface area contributed by atoms with Crippen molar-refractivity contribution in [1.82, 2.24) is 14.9 Å². The predicted octanol–water partition coefficient (Wildman–Crippen LogP) is 1.41. The van der Waals surface area contributed by atoms with Crippen molar-refractivity contribution >= 4 is 5.91 Å². The highest BCUT2D eigenvalue weighted by Crippen LogP contribution is 2.22. The average Bonchev–Trinajstić information content (AvgIpc) is 2.83. The van der Waals surface area contributed by atoms with Crippen LogP contribution in [0.4, 0.5) is 4.39 Å². The highest BCUT2D eigenvalue weighted by molar-refractivity contribution is 5.78. The van der Waals surface area contributed by atoms with Crippen LogP contribution in [0.25, 0.3) is 0 Å². The van der Waals surface area contributed by atoms with E-state index in [1.807, 2.05) is 0 Å². The van der Waals surface area contributed by atoms with Gasteiger partial charge in [-0.1, -0.05) is 18.2 Å². The fourth-order valence-electron chi connectivity index (χ4n) is 1.98. The molecule has 1 aromatic carbocycles. The molecule has 0 saturated carbocycles. The van der Waals surface area contributed by atoms with Gasteiger partial charge >= 0.3 is 0 Å². The minimum atomic E-state index is -0.654. The molecule has 0 spiro atoms. The molecule has 0 aliphatic carbocycles. The molecule has 5 nitrogen and oxygen atoms in total. The number of carbonyl (C=O) groups is 1. The van der Waals surface area contributed by atoms with Crippen LogP contribution in [0.15, 0.2) is 36.7 Å². The van der Waals surface area contributed by atoms with Gasteiger partial charge in [0.05, 0.1) is 0 Å². The minimum Gasteiger partial charge on any atom is -0.375 e. The summed E-state index contributed by atoms with van der Waals surface area (Å²) in [4.78, 5) is 15.9. The SMILES string of the molecule is COCC(=O)NC(c1ccccc1F)c1nccn1C. The van der Waals surface area contributed by atoms with E-state index in [0.717, 1.165) is 0 Å². The number of hydrogen-bond acceptors (Lipinski definition) is 3. The van der Waals surface area contributed by atoms with Crippen molar-refractivity contribution in [1.29, 1.82) is 0 Å². The number of rotatable bonds is 5. The zero-order valence-corrected chi connectivity index (χ0v) is 11.3. The van der Waals surface area contributed by atoms with Crippen LogP contribution in [-0.4, -0.2) is 29.2 Å². The Morgan fingerprint density at radius 2 is 2.25 bits per heavy atom. The van der Waals surface area contributed by atoms with Crippen LogP contribution in [0.3, 0.4) is 0 Å².